The van der Waals surface area contributed by atoms with Crippen LogP contribution in [0.3, 0.4) is 0 Å². The Bertz CT molecular complexity index is 1730. The van der Waals surface area contributed by atoms with Crippen molar-refractivity contribution in [1.29, 1.82) is 0 Å². The molecule has 19 heteroatoms. The van der Waals surface area contributed by atoms with Crippen LogP contribution in [0, 0.1) is 23.7 Å². The minimum Gasteiger partial charge on any atom is -0.462 e. The molecule has 0 amide bonds. The highest BCUT2D eigenvalue weighted by molar-refractivity contribution is 7.47. The van der Waals surface area contributed by atoms with E-state index in [4.69, 9.17) is 37.0 Å². The van der Waals surface area contributed by atoms with Gasteiger partial charge in [-0.15, -0.1) is 0 Å². The molecule has 0 saturated carbocycles. The molecular weight excluding hydrogens is 1150 g/mol. The lowest BCUT2D eigenvalue weighted by atomic mass is 10.0. The summed E-state index contributed by atoms with van der Waals surface area (Å²) >= 11 is 0. The van der Waals surface area contributed by atoms with Gasteiger partial charge in [-0.2, -0.15) is 0 Å². The normalized spacial score (nSPS) is 14.3. The molecule has 0 bridgehead atoms. The van der Waals surface area contributed by atoms with Gasteiger partial charge in [0.05, 0.1) is 26.4 Å². The van der Waals surface area contributed by atoms with E-state index in [1.807, 2.05) is 0 Å². The van der Waals surface area contributed by atoms with Gasteiger partial charge in [-0.25, -0.2) is 9.13 Å². The lowest BCUT2D eigenvalue weighted by Gasteiger charge is -2.21. The number of carbonyl (C=O) groups excluding carboxylic acids is 4. The van der Waals surface area contributed by atoms with E-state index in [0.29, 0.717) is 25.7 Å². The van der Waals surface area contributed by atoms with Crippen LogP contribution in [0.25, 0.3) is 0 Å². The maximum absolute atomic E-state index is 13.0. The molecule has 0 heterocycles. The summed E-state index contributed by atoms with van der Waals surface area (Å²) in [5, 5.41) is 10.6. The number of carbonyl (C=O) groups is 4. The number of phosphoric acid groups is 2. The average molecular weight is 1280 g/mol. The molecule has 87 heavy (non-hydrogen) atoms. The number of hydrogen-bond donors (Lipinski definition) is 3. The van der Waals surface area contributed by atoms with Gasteiger partial charge in [-0.05, 0) is 49.4 Å². The van der Waals surface area contributed by atoms with Gasteiger partial charge < -0.3 is 33.8 Å². The number of rotatable bonds is 65. The highest BCUT2D eigenvalue weighted by Crippen LogP contribution is 2.45. The van der Waals surface area contributed by atoms with Crippen molar-refractivity contribution in [3.05, 3.63) is 0 Å². The number of phosphoric ester groups is 2. The van der Waals surface area contributed by atoms with E-state index in [1.54, 1.807) is 0 Å². The topological polar surface area (TPSA) is 237 Å². The zero-order valence-corrected chi connectivity index (χ0v) is 58.4. The molecule has 516 valence electrons. The fraction of sp³-hybridized carbons (Fsp3) is 0.941. The fourth-order valence-corrected chi connectivity index (χ4v) is 11.7. The van der Waals surface area contributed by atoms with Gasteiger partial charge in [0, 0.05) is 25.7 Å². The zero-order chi connectivity index (χ0) is 64.7. The third kappa shape index (κ3) is 62.6. The van der Waals surface area contributed by atoms with Crippen LogP contribution in [-0.2, 0) is 65.4 Å². The average Bonchev–Trinajstić information content (AvgIpc) is 3.63. The Kier molecular flexibility index (Phi) is 56.6. The van der Waals surface area contributed by atoms with Crippen LogP contribution in [0.15, 0.2) is 0 Å². The molecule has 0 spiro atoms. The molecule has 17 nitrogen and oxygen atoms in total. The molecule has 3 unspecified atom stereocenters. The van der Waals surface area contributed by atoms with Crippen molar-refractivity contribution >= 4 is 39.5 Å². The van der Waals surface area contributed by atoms with E-state index in [0.717, 1.165) is 114 Å². The Labute approximate surface area is 530 Å². The first-order chi connectivity index (χ1) is 41.6. The van der Waals surface area contributed by atoms with Gasteiger partial charge in [0.15, 0.2) is 12.2 Å². The Morgan fingerprint density at radius 1 is 0.287 bits per heavy atom. The van der Waals surface area contributed by atoms with Crippen molar-refractivity contribution in [1.82, 2.24) is 0 Å². The summed E-state index contributed by atoms with van der Waals surface area (Å²) in [6.45, 7) is 14.0. The number of hydrogen-bond acceptors (Lipinski definition) is 15. The van der Waals surface area contributed by atoms with E-state index in [2.05, 4.69) is 55.4 Å². The second-order valence-electron chi connectivity index (χ2n) is 26.5. The zero-order valence-electron chi connectivity index (χ0n) is 56.6. The van der Waals surface area contributed by atoms with Crippen molar-refractivity contribution in [3.63, 3.8) is 0 Å². The number of esters is 4. The van der Waals surface area contributed by atoms with E-state index in [-0.39, 0.29) is 25.7 Å². The summed E-state index contributed by atoms with van der Waals surface area (Å²) in [6.07, 6.45) is 39.0. The third-order valence-corrected chi connectivity index (χ3v) is 17.5. The smallest absolute Gasteiger partial charge is 0.462 e. The molecule has 0 aliphatic carbocycles. The monoisotopic (exact) mass is 1280 g/mol. The summed E-state index contributed by atoms with van der Waals surface area (Å²) < 4.78 is 68.2. The maximum Gasteiger partial charge on any atom is 0.472 e. The highest BCUT2D eigenvalue weighted by Gasteiger charge is 2.30. The predicted octanol–water partition coefficient (Wildman–Crippen LogP) is 18.9. The molecule has 0 rings (SSSR count). The number of aliphatic hydroxyl groups excluding tert-OH is 1. The number of ether oxygens (including phenoxy) is 4. The lowest BCUT2D eigenvalue weighted by Crippen LogP contribution is -2.30. The molecule has 0 saturated heterocycles. The van der Waals surface area contributed by atoms with Crippen molar-refractivity contribution in [3.8, 4) is 0 Å². The minimum atomic E-state index is -4.95. The number of unbranched alkanes of at least 4 members (excludes halogenated alkanes) is 31. The molecule has 0 aromatic heterocycles. The van der Waals surface area contributed by atoms with Gasteiger partial charge in [0.1, 0.15) is 19.3 Å². The van der Waals surface area contributed by atoms with Crippen LogP contribution in [-0.4, -0.2) is 96.7 Å². The maximum atomic E-state index is 13.0. The molecular formula is C68H132O17P2. The Morgan fingerprint density at radius 2 is 0.483 bits per heavy atom. The van der Waals surface area contributed by atoms with Gasteiger partial charge in [-0.3, -0.25) is 37.3 Å². The van der Waals surface area contributed by atoms with Gasteiger partial charge in [0.2, 0.25) is 0 Å². The number of aliphatic hydroxyl groups is 1. The van der Waals surface area contributed by atoms with Crippen molar-refractivity contribution in [2.24, 2.45) is 23.7 Å². The SMILES string of the molecule is CC(C)CCCCCCCCCCCCC(=O)OC[C@H](COP(=O)(O)OCC(O)COP(=O)(O)OC[C@@H](COC(=O)CCCCCCCCCCC(C)C)OC(=O)CCCCCCCCCCC(C)C)OC(=O)CCCCCCCCCCCC(C)C. The van der Waals surface area contributed by atoms with Crippen LogP contribution in [0.1, 0.15) is 331 Å². The summed E-state index contributed by atoms with van der Waals surface area (Å²) in [5.41, 5.74) is 0. The Morgan fingerprint density at radius 3 is 0.713 bits per heavy atom. The molecule has 0 radical (unpaired) electrons. The quantitative estimate of drug-likeness (QED) is 0.0222. The molecule has 3 N–H and O–H groups in total. The first-order valence-corrected chi connectivity index (χ1v) is 38.2. The third-order valence-electron chi connectivity index (χ3n) is 15.6. The summed E-state index contributed by atoms with van der Waals surface area (Å²) in [6, 6.07) is 0. The first kappa shape index (κ1) is 85.1. The molecule has 0 aliphatic rings. The summed E-state index contributed by atoms with van der Waals surface area (Å²) in [4.78, 5) is 72.4. The van der Waals surface area contributed by atoms with Crippen LogP contribution >= 0.6 is 15.6 Å². The molecule has 0 fully saturated rings. The van der Waals surface area contributed by atoms with Crippen molar-refractivity contribution in [2.75, 3.05) is 39.6 Å². The van der Waals surface area contributed by atoms with Crippen LogP contribution < -0.4 is 0 Å². The van der Waals surface area contributed by atoms with Gasteiger partial charge in [-0.1, -0.05) is 280 Å². The minimum absolute atomic E-state index is 0.103. The van der Waals surface area contributed by atoms with E-state index >= 15 is 0 Å². The summed E-state index contributed by atoms with van der Waals surface area (Å²) in [7, 11) is -9.90. The highest BCUT2D eigenvalue weighted by atomic mass is 31.2. The molecule has 0 aromatic carbocycles. The summed E-state index contributed by atoms with van der Waals surface area (Å²) in [5.74, 6) is 0.805. The molecule has 0 aromatic rings. The Hall–Kier alpha value is -1.94. The van der Waals surface area contributed by atoms with Crippen LogP contribution in [0.2, 0.25) is 0 Å². The first-order valence-electron chi connectivity index (χ1n) is 35.2. The fourth-order valence-electron chi connectivity index (χ4n) is 10.1. The van der Waals surface area contributed by atoms with E-state index in [1.165, 1.54) is 135 Å². The van der Waals surface area contributed by atoms with E-state index in [9.17, 15) is 43.2 Å². The molecule has 0 aliphatic heterocycles. The van der Waals surface area contributed by atoms with Crippen LogP contribution in [0.5, 0.6) is 0 Å². The molecule has 5 atom stereocenters. The van der Waals surface area contributed by atoms with Gasteiger partial charge >= 0.3 is 39.5 Å². The largest absolute Gasteiger partial charge is 0.472 e. The predicted molar refractivity (Wildman–Crippen MR) is 349 cm³/mol. The standard InChI is InChI=1S/C68H132O17P2/c1-58(2)44-36-28-20-12-9-10-14-24-32-40-48-65(70)78-54-63(84-67(72)50-42-34-26-15-11-13-21-29-37-45-59(3)4)56-82-86(74,75)80-52-62(69)53-81-87(76,77)83-57-64(85-68(73)51-43-35-27-19-17-23-31-39-47-61(7)8)55-79-66(71)49-41-33-25-18-16-22-30-38-46-60(5)6/h58-64,69H,9-57H2,1-8H3,(H,74,75)(H,76,77)/t62?,63-,64-/m1/s1. The van der Waals surface area contributed by atoms with Crippen molar-refractivity contribution < 1.29 is 80.2 Å². The lowest BCUT2D eigenvalue weighted by molar-refractivity contribution is -0.161. The van der Waals surface area contributed by atoms with E-state index < -0.39 is 97.5 Å². The Balaban J connectivity index is 5.26. The van der Waals surface area contributed by atoms with Crippen molar-refractivity contribution in [2.45, 2.75) is 350 Å². The van der Waals surface area contributed by atoms with Gasteiger partial charge in [0.25, 0.3) is 0 Å². The second kappa shape index (κ2) is 57.9. The van der Waals surface area contributed by atoms with Crippen LogP contribution in [0.4, 0.5) is 0 Å². The second-order valence-corrected chi connectivity index (χ2v) is 29.4.